The number of nitrogens with two attached hydrogens (primary N) is 1. The third-order valence-corrected chi connectivity index (χ3v) is 12.9. The number of nitrogens with one attached hydrogen (secondary N) is 1. The third-order valence-electron chi connectivity index (χ3n) is 12.9. The van der Waals surface area contributed by atoms with Gasteiger partial charge in [0.25, 0.3) is 0 Å². The lowest BCUT2D eigenvalue weighted by Gasteiger charge is -2.19. The maximum absolute atomic E-state index is 5.15. The second kappa shape index (κ2) is 16.4. The van der Waals surface area contributed by atoms with Crippen molar-refractivity contribution < 1.29 is 5.32 Å². The van der Waals surface area contributed by atoms with Gasteiger partial charge in [0.05, 0.1) is 23.6 Å². The van der Waals surface area contributed by atoms with Crippen molar-refractivity contribution in [2.24, 2.45) is 9.98 Å². The molecule has 5 nitrogen and oxygen atoms in total. The molecular weight excluding hydrogens is 791 g/mol. The van der Waals surface area contributed by atoms with Gasteiger partial charge in [-0.25, -0.2) is 4.99 Å². The number of quaternary nitrogens is 1. The highest BCUT2D eigenvalue weighted by Gasteiger charge is 2.26. The predicted octanol–water partition coefficient (Wildman–Crippen LogP) is 13.7. The molecule has 1 atom stereocenters. The molecule has 0 bridgehead atoms. The van der Waals surface area contributed by atoms with Gasteiger partial charge in [-0.2, -0.15) is 4.99 Å². The zero-order chi connectivity index (χ0) is 43.1. The molecule has 0 aromatic heterocycles. The lowest BCUT2D eigenvalue weighted by atomic mass is 9.87. The third kappa shape index (κ3) is 7.14. The zero-order valence-corrected chi connectivity index (χ0v) is 35.6. The van der Waals surface area contributed by atoms with Crippen molar-refractivity contribution >= 4 is 50.3 Å². The van der Waals surface area contributed by atoms with Crippen LogP contribution in [0.15, 0.2) is 241 Å². The fourth-order valence-electron chi connectivity index (χ4n) is 9.61. The Balaban J connectivity index is 0.851. The number of benzene rings is 10. The van der Waals surface area contributed by atoms with Gasteiger partial charge in [0.15, 0.2) is 5.84 Å². The molecule has 0 saturated heterocycles. The van der Waals surface area contributed by atoms with Gasteiger partial charge in [0, 0.05) is 16.8 Å². The molecule has 2 aliphatic rings. The Hall–Kier alpha value is -8.38. The van der Waals surface area contributed by atoms with Crippen LogP contribution in [0.3, 0.4) is 0 Å². The fraction of sp³-hybridized carbons (Fsp3) is 0.0333. The van der Waals surface area contributed by atoms with E-state index in [0.29, 0.717) is 0 Å². The van der Waals surface area contributed by atoms with Crippen LogP contribution in [0.2, 0.25) is 0 Å². The highest BCUT2D eigenvalue weighted by molar-refractivity contribution is 6.12. The first kappa shape index (κ1) is 38.3. The second-order valence-corrected chi connectivity index (χ2v) is 16.7. The number of rotatable bonds is 8. The zero-order valence-electron chi connectivity index (χ0n) is 35.6. The van der Waals surface area contributed by atoms with Crippen LogP contribution in [0.4, 0.5) is 17.1 Å². The van der Waals surface area contributed by atoms with Crippen LogP contribution in [-0.4, -0.2) is 18.3 Å². The summed E-state index contributed by atoms with van der Waals surface area (Å²) in [5, 5.41) is 10.7. The summed E-state index contributed by atoms with van der Waals surface area (Å²) >= 11 is 0. The number of hydrogen-bond donors (Lipinski definition) is 2. The van der Waals surface area contributed by atoms with E-state index >= 15 is 0 Å². The van der Waals surface area contributed by atoms with Crippen molar-refractivity contribution in [3.05, 3.63) is 247 Å². The summed E-state index contributed by atoms with van der Waals surface area (Å²) < 4.78 is 0. The van der Waals surface area contributed by atoms with Crippen LogP contribution in [0.1, 0.15) is 22.9 Å². The summed E-state index contributed by atoms with van der Waals surface area (Å²) in [6.07, 6.45) is -0.158. The van der Waals surface area contributed by atoms with Crippen LogP contribution < -0.4 is 15.5 Å². The number of aliphatic imine (C=N–C) groups is 2. The van der Waals surface area contributed by atoms with E-state index in [1.54, 1.807) is 0 Å². The molecule has 0 aliphatic carbocycles. The monoisotopic (exact) mass is 834 g/mol. The van der Waals surface area contributed by atoms with E-state index < -0.39 is 0 Å². The van der Waals surface area contributed by atoms with E-state index in [1.165, 1.54) is 77.4 Å². The lowest BCUT2D eigenvalue weighted by molar-refractivity contribution is -0.586. The number of anilines is 3. The van der Waals surface area contributed by atoms with Crippen LogP contribution in [-0.2, 0) is 0 Å². The average molecular weight is 835 g/mol. The number of fused-ring (bicyclic) bond motifs is 3. The first-order valence-electron chi connectivity index (χ1n) is 22.3. The number of hydrogen-bond acceptors (Lipinski definition) is 4. The minimum absolute atomic E-state index is 0.158. The summed E-state index contributed by atoms with van der Waals surface area (Å²) in [6, 6.07) is 82.8. The second-order valence-electron chi connectivity index (χ2n) is 16.7. The molecule has 10 aromatic carbocycles. The molecule has 2 heterocycles. The van der Waals surface area contributed by atoms with Crippen LogP contribution in [0, 0.1) is 0 Å². The Labute approximate surface area is 378 Å². The Morgan fingerprint density at radius 1 is 0.415 bits per heavy atom. The molecule has 308 valence electrons. The van der Waals surface area contributed by atoms with Crippen LogP contribution in [0.25, 0.3) is 66.1 Å². The van der Waals surface area contributed by atoms with E-state index in [4.69, 9.17) is 9.98 Å². The van der Waals surface area contributed by atoms with Crippen LogP contribution in [0.5, 0.6) is 0 Å². The Bertz CT molecular complexity index is 3430. The molecule has 2 aliphatic heterocycles. The molecule has 0 spiro atoms. The number of para-hydroxylation sites is 1. The molecular formula is C60H44N5+. The van der Waals surface area contributed by atoms with Gasteiger partial charge in [-0.1, -0.05) is 194 Å². The summed E-state index contributed by atoms with van der Waals surface area (Å²) in [7, 11) is 0. The number of nitrogens with zero attached hydrogens (tertiary/aromatic N) is 3. The van der Waals surface area contributed by atoms with Crippen LogP contribution >= 0.6 is 0 Å². The number of amidine groups is 2. The smallest absolute Gasteiger partial charge is 0.235 e. The quantitative estimate of drug-likeness (QED) is 0.160. The first-order valence-corrected chi connectivity index (χ1v) is 22.3. The van der Waals surface area contributed by atoms with Gasteiger partial charge < -0.3 is 10.2 Å². The summed E-state index contributed by atoms with van der Waals surface area (Å²) in [5.74, 6) is 1.69. The molecule has 0 radical (unpaired) electrons. The van der Waals surface area contributed by atoms with Gasteiger partial charge >= 0.3 is 0 Å². The van der Waals surface area contributed by atoms with E-state index in [1.807, 2.05) is 24.3 Å². The lowest BCUT2D eigenvalue weighted by Crippen LogP contribution is -2.90. The molecule has 10 aromatic rings. The van der Waals surface area contributed by atoms with Gasteiger partial charge in [0.2, 0.25) is 12.0 Å². The van der Waals surface area contributed by atoms with E-state index in [2.05, 4.69) is 222 Å². The minimum atomic E-state index is -0.158. The Morgan fingerprint density at radius 2 is 0.892 bits per heavy atom. The minimum Gasteiger partial charge on any atom is -0.366 e. The topological polar surface area (TPSA) is 56.6 Å². The van der Waals surface area contributed by atoms with E-state index in [-0.39, 0.29) is 6.17 Å². The van der Waals surface area contributed by atoms with Crippen molar-refractivity contribution in [1.29, 1.82) is 0 Å². The largest absolute Gasteiger partial charge is 0.366 e. The van der Waals surface area contributed by atoms with Crippen molar-refractivity contribution in [3.8, 4) is 44.5 Å². The molecule has 1 unspecified atom stereocenters. The van der Waals surface area contributed by atoms with Gasteiger partial charge in [-0.05, 0) is 102 Å². The highest BCUT2D eigenvalue weighted by Crippen LogP contribution is 2.43. The summed E-state index contributed by atoms with van der Waals surface area (Å²) in [6.45, 7) is 0.762. The van der Waals surface area contributed by atoms with Gasteiger partial charge in [-0.15, -0.1) is 0 Å². The SMILES string of the molecule is c1ccc(C2=NC(c3ccc(-c4ccc(-c5ccc(-c6ccc(-c7ccc8c(c7)N(c7ccccc7)CN8)cc6)c6ccccc56)c5ccccc45)cc3)[NH2+]C(c3ccccc3)=N2)cc1. The Morgan fingerprint density at radius 3 is 1.49 bits per heavy atom. The van der Waals surface area contributed by atoms with Crippen molar-refractivity contribution in [3.63, 3.8) is 0 Å². The Kier molecular flexibility index (Phi) is 9.66. The van der Waals surface area contributed by atoms with E-state index in [9.17, 15) is 0 Å². The highest BCUT2D eigenvalue weighted by atomic mass is 15.3. The van der Waals surface area contributed by atoms with E-state index in [0.717, 1.165) is 40.7 Å². The summed E-state index contributed by atoms with van der Waals surface area (Å²) in [5.41, 5.74) is 16.4. The molecule has 65 heavy (non-hydrogen) atoms. The maximum Gasteiger partial charge on any atom is 0.235 e. The maximum atomic E-state index is 5.15. The summed E-state index contributed by atoms with van der Waals surface area (Å²) in [4.78, 5) is 12.5. The molecule has 0 fully saturated rings. The fourth-order valence-corrected chi connectivity index (χ4v) is 9.61. The first-order chi connectivity index (χ1) is 32.2. The van der Waals surface area contributed by atoms with Gasteiger partial charge in [-0.3, -0.25) is 5.32 Å². The van der Waals surface area contributed by atoms with Crippen molar-refractivity contribution in [2.45, 2.75) is 6.17 Å². The standard InChI is InChI=1S/C60H43N5/c1-4-14-43(15-5-1)58-62-59(44-16-6-2-7-17-44)64-60(63-58)45-30-28-42(29-31-45)49-34-36-55(53-23-13-11-21-51(49)53)54-35-33-48(50-20-10-12-22-52(50)54)41-26-24-40(25-27-41)46-32-37-56-57(38-46)65(39-61-56)47-18-8-3-9-19-47/h1-38,60-61H,39H2,(H,62,63,64)/p+1. The predicted molar refractivity (Wildman–Crippen MR) is 271 cm³/mol. The average Bonchev–Trinajstić information content (AvgIpc) is 3.82. The molecule has 12 rings (SSSR count). The molecule has 0 saturated carbocycles. The van der Waals surface area contributed by atoms with Gasteiger partial charge in [0.1, 0.15) is 0 Å². The normalized spacial score (nSPS) is 14.5. The molecule has 5 heteroatoms. The molecule has 3 N–H and O–H groups in total. The van der Waals surface area contributed by atoms with Crippen molar-refractivity contribution in [2.75, 3.05) is 16.9 Å². The molecule has 0 amide bonds. The van der Waals surface area contributed by atoms with Crippen molar-refractivity contribution in [1.82, 2.24) is 0 Å².